The lowest BCUT2D eigenvalue weighted by molar-refractivity contribution is -0.167. The van der Waals surface area contributed by atoms with Gasteiger partial charge in [0.1, 0.15) is 17.8 Å². The van der Waals surface area contributed by atoms with E-state index in [-0.39, 0.29) is 12.4 Å². The van der Waals surface area contributed by atoms with Gasteiger partial charge in [0.25, 0.3) is 0 Å². The fourth-order valence-electron chi connectivity index (χ4n) is 5.73. The van der Waals surface area contributed by atoms with Gasteiger partial charge in [-0.3, -0.25) is 0 Å². The zero-order chi connectivity index (χ0) is 24.3. The van der Waals surface area contributed by atoms with Crippen LogP contribution < -0.4 is 0 Å². The van der Waals surface area contributed by atoms with Crippen LogP contribution in [0.4, 0.5) is 0 Å². The number of rotatable bonds is 11. The van der Waals surface area contributed by atoms with Gasteiger partial charge in [-0.15, -0.1) is 0 Å². The number of ether oxygens (including phenoxy) is 4. The molecule has 0 aromatic carbocycles. The monoisotopic (exact) mass is 470 g/mol. The van der Waals surface area contributed by atoms with E-state index >= 15 is 0 Å². The summed E-state index contributed by atoms with van der Waals surface area (Å²) < 4.78 is 30.5. The van der Waals surface area contributed by atoms with Crippen LogP contribution in [0.3, 0.4) is 0 Å². The molecule has 1 heterocycles. The Morgan fingerprint density at radius 1 is 1.00 bits per heavy atom. The van der Waals surface area contributed by atoms with Crippen LogP contribution in [0.1, 0.15) is 68.2 Å². The van der Waals surface area contributed by atoms with Crippen molar-refractivity contribution in [2.45, 2.75) is 121 Å². The van der Waals surface area contributed by atoms with Gasteiger partial charge in [0.15, 0.2) is 12.1 Å². The van der Waals surface area contributed by atoms with Crippen molar-refractivity contribution in [3.05, 3.63) is 24.3 Å². The first kappa shape index (κ1) is 27.7. The summed E-state index contributed by atoms with van der Waals surface area (Å²) in [6.45, 7) is 17.5. The van der Waals surface area contributed by atoms with E-state index in [4.69, 9.17) is 23.4 Å². The van der Waals surface area contributed by atoms with Gasteiger partial charge in [-0.05, 0) is 36.9 Å². The van der Waals surface area contributed by atoms with Crippen LogP contribution in [-0.4, -0.2) is 63.6 Å². The van der Waals surface area contributed by atoms with Gasteiger partial charge in [0, 0.05) is 20.6 Å². The van der Waals surface area contributed by atoms with Gasteiger partial charge in [0.2, 0.25) is 8.32 Å². The van der Waals surface area contributed by atoms with Gasteiger partial charge < -0.3 is 28.5 Å². The van der Waals surface area contributed by atoms with E-state index in [1.807, 2.05) is 38.2 Å². The lowest BCUT2D eigenvalue weighted by atomic mass is 9.82. The Bertz CT molecular complexity index is 633. The molecule has 1 N–H and O–H groups in total. The average molecular weight is 471 g/mol. The van der Waals surface area contributed by atoms with Crippen molar-refractivity contribution in [2.24, 2.45) is 0 Å². The minimum Gasteiger partial charge on any atom is -0.407 e. The Hall–Kier alpha value is -0.543. The molecule has 1 saturated heterocycles. The van der Waals surface area contributed by atoms with E-state index in [0.29, 0.717) is 23.0 Å². The molecule has 0 aromatic heterocycles. The van der Waals surface area contributed by atoms with Crippen LogP contribution in [0.15, 0.2) is 24.3 Å². The maximum Gasteiger partial charge on any atom is 0.201 e. The highest BCUT2D eigenvalue weighted by molar-refractivity contribution is 6.77. The zero-order valence-corrected chi connectivity index (χ0v) is 22.8. The summed E-state index contributed by atoms with van der Waals surface area (Å²) in [5, 5.41) is 11.1. The average Bonchev–Trinajstić information content (AvgIpc) is 2.99. The molecule has 0 amide bonds. The number of methoxy groups -OCH3 is 2. The van der Waals surface area contributed by atoms with Crippen LogP contribution in [-0.2, 0) is 23.4 Å². The first-order valence-electron chi connectivity index (χ1n) is 12.0. The van der Waals surface area contributed by atoms with E-state index in [1.54, 1.807) is 14.2 Å². The molecule has 32 heavy (non-hydrogen) atoms. The van der Waals surface area contributed by atoms with Crippen molar-refractivity contribution in [1.29, 1.82) is 0 Å². The minimum absolute atomic E-state index is 0.257. The summed E-state index contributed by atoms with van der Waals surface area (Å²) in [5.74, 6) is -0.830. The van der Waals surface area contributed by atoms with Crippen molar-refractivity contribution < 1.29 is 28.5 Å². The fourth-order valence-corrected chi connectivity index (χ4v) is 11.2. The van der Waals surface area contributed by atoms with Gasteiger partial charge in [-0.25, -0.2) is 0 Å². The Kier molecular flexibility index (Phi) is 9.35. The summed E-state index contributed by atoms with van der Waals surface area (Å²) in [6, 6.07) is 0. The Morgan fingerprint density at radius 2 is 1.56 bits per heavy atom. The Labute approximate surface area is 196 Å². The first-order valence-corrected chi connectivity index (χ1v) is 14.2. The Morgan fingerprint density at radius 3 is 2.06 bits per heavy atom. The maximum atomic E-state index is 11.1. The molecule has 1 aliphatic carbocycles. The number of aliphatic hydroxyl groups excluding tert-OH is 1. The topological polar surface area (TPSA) is 66.4 Å². The normalized spacial score (nSPS) is 30.4. The van der Waals surface area contributed by atoms with Gasteiger partial charge >= 0.3 is 0 Å². The maximum absolute atomic E-state index is 11.1. The second kappa shape index (κ2) is 10.8. The van der Waals surface area contributed by atoms with Crippen molar-refractivity contribution in [1.82, 2.24) is 0 Å². The molecule has 0 radical (unpaired) electrons. The summed E-state index contributed by atoms with van der Waals surface area (Å²) in [7, 11) is 1.10. The quantitative estimate of drug-likeness (QED) is 0.250. The molecule has 1 aliphatic heterocycles. The van der Waals surface area contributed by atoms with Crippen molar-refractivity contribution in [2.75, 3.05) is 14.2 Å². The van der Waals surface area contributed by atoms with Crippen LogP contribution in [0.5, 0.6) is 0 Å². The third kappa shape index (κ3) is 5.40. The van der Waals surface area contributed by atoms with E-state index in [2.05, 4.69) is 41.5 Å². The van der Waals surface area contributed by atoms with E-state index < -0.39 is 31.9 Å². The molecule has 0 saturated carbocycles. The second-order valence-corrected chi connectivity index (χ2v) is 15.9. The molecule has 1 unspecified atom stereocenters. The summed E-state index contributed by atoms with van der Waals surface area (Å²) in [4.78, 5) is 0. The number of hydrogen-bond acceptors (Lipinski definition) is 6. The predicted molar refractivity (Wildman–Crippen MR) is 130 cm³/mol. The molecular formula is C25H46O6Si. The standard InChI is InChI=1S/C25H46O6Si/c1-17(2)32(18(3)4,19(5)6)30-20-14-15-21(26)25(23(20)29-24(7,8)31-25)16-12-11-13-22(27-9)28-10/h12,14-23,26H,11,13H2,1-10H3/b16-12-/t20?,21-,23-,25+/m1/s1. The number of fused-ring (bicyclic) bond motifs is 1. The molecule has 0 aromatic rings. The fraction of sp³-hybridized carbons (Fsp3) is 0.840. The zero-order valence-electron chi connectivity index (χ0n) is 21.8. The smallest absolute Gasteiger partial charge is 0.201 e. The van der Waals surface area contributed by atoms with Crippen molar-refractivity contribution >= 4 is 8.32 Å². The molecule has 6 nitrogen and oxygen atoms in total. The third-order valence-electron chi connectivity index (χ3n) is 7.04. The van der Waals surface area contributed by atoms with Crippen molar-refractivity contribution in [3.8, 4) is 0 Å². The lowest BCUT2D eigenvalue weighted by Gasteiger charge is -2.48. The molecule has 2 rings (SSSR count). The first-order chi connectivity index (χ1) is 14.9. The molecule has 0 bridgehead atoms. The van der Waals surface area contributed by atoms with Crippen LogP contribution in [0.2, 0.25) is 16.6 Å². The molecule has 7 heteroatoms. The van der Waals surface area contributed by atoms with E-state index in [0.717, 1.165) is 6.42 Å². The number of aliphatic hydroxyl groups is 1. The second-order valence-electron chi connectivity index (χ2n) is 10.5. The number of allylic oxidation sites excluding steroid dienone is 1. The van der Waals surface area contributed by atoms with Crippen molar-refractivity contribution in [3.63, 3.8) is 0 Å². The molecule has 0 spiro atoms. The van der Waals surface area contributed by atoms with Crippen LogP contribution in [0, 0.1) is 0 Å². The largest absolute Gasteiger partial charge is 0.407 e. The van der Waals surface area contributed by atoms with Gasteiger partial charge in [-0.2, -0.15) is 0 Å². The third-order valence-corrected chi connectivity index (χ3v) is 13.1. The number of hydrogen-bond donors (Lipinski definition) is 1. The highest BCUT2D eigenvalue weighted by atomic mass is 28.4. The highest BCUT2D eigenvalue weighted by Crippen LogP contribution is 2.49. The SMILES string of the molecule is COC(CC/C=C\[C@@]12OC(C)(C)O[C@@H]1C(O[Si](C(C)C)(C(C)C)C(C)C)C=C[C@H]2O)OC. The Balaban J connectivity index is 2.37. The van der Waals surface area contributed by atoms with Crippen LogP contribution in [0.25, 0.3) is 0 Å². The predicted octanol–water partition coefficient (Wildman–Crippen LogP) is 5.32. The highest BCUT2D eigenvalue weighted by Gasteiger charge is 2.61. The summed E-state index contributed by atoms with van der Waals surface area (Å²) >= 11 is 0. The van der Waals surface area contributed by atoms with Gasteiger partial charge in [-0.1, -0.05) is 65.8 Å². The minimum atomic E-state index is -2.16. The molecule has 186 valence electrons. The molecular weight excluding hydrogens is 424 g/mol. The summed E-state index contributed by atoms with van der Waals surface area (Å²) in [6.07, 6.45) is 7.43. The van der Waals surface area contributed by atoms with E-state index in [9.17, 15) is 5.11 Å². The lowest BCUT2D eigenvalue weighted by Crippen LogP contribution is -2.60. The van der Waals surface area contributed by atoms with Crippen LogP contribution >= 0.6 is 0 Å². The molecule has 2 aliphatic rings. The summed E-state index contributed by atoms with van der Waals surface area (Å²) in [5.41, 5.74) is 0.345. The molecule has 1 fully saturated rings. The van der Waals surface area contributed by atoms with Gasteiger partial charge in [0.05, 0.1) is 6.10 Å². The van der Waals surface area contributed by atoms with E-state index in [1.165, 1.54) is 0 Å². The molecule has 4 atom stereocenters.